The third-order valence-electron chi connectivity index (χ3n) is 9.30. The molecule has 1 heterocycles. The number of carbonyl (C=O) groups is 3. The van der Waals surface area contributed by atoms with E-state index in [-0.39, 0.29) is 35.6 Å². The van der Waals surface area contributed by atoms with Gasteiger partial charge in [-0.05, 0) is 49.5 Å². The maximum Gasteiger partial charge on any atom is 0.243 e. The van der Waals surface area contributed by atoms with E-state index < -0.39 is 18.2 Å². The smallest absolute Gasteiger partial charge is 0.243 e. The molecule has 236 valence electrons. The van der Waals surface area contributed by atoms with Gasteiger partial charge < -0.3 is 25.8 Å². The highest BCUT2D eigenvalue weighted by molar-refractivity contribution is 5.87. The molecule has 1 aliphatic carbocycles. The Hall–Kier alpha value is -2.45. The van der Waals surface area contributed by atoms with E-state index in [1.165, 1.54) is 39.0 Å². The van der Waals surface area contributed by atoms with Crippen LogP contribution in [-0.2, 0) is 25.5 Å². The Bertz CT molecular complexity index is 946. The Balaban J connectivity index is 1.73. The first-order valence-corrected chi connectivity index (χ1v) is 16.4. The van der Waals surface area contributed by atoms with E-state index in [2.05, 4.69) is 16.0 Å². The summed E-state index contributed by atoms with van der Waals surface area (Å²) in [5, 5.41) is 20.8. The maximum absolute atomic E-state index is 13.5. The number of hydrogen-bond acceptors (Lipinski definition) is 5. The molecule has 2 fully saturated rings. The minimum absolute atomic E-state index is 0.0219. The summed E-state index contributed by atoms with van der Waals surface area (Å²) < 4.78 is 5.44. The molecule has 8 heteroatoms. The summed E-state index contributed by atoms with van der Waals surface area (Å²) in [4.78, 5) is 38.6. The predicted molar refractivity (Wildman–Crippen MR) is 166 cm³/mol. The molecule has 1 aromatic rings. The summed E-state index contributed by atoms with van der Waals surface area (Å²) in [6, 6.07) is 8.52. The van der Waals surface area contributed by atoms with Crippen LogP contribution >= 0.6 is 0 Å². The summed E-state index contributed by atoms with van der Waals surface area (Å²) in [5.41, 5.74) is 1.04. The van der Waals surface area contributed by atoms with Crippen LogP contribution in [0.1, 0.15) is 103 Å². The van der Waals surface area contributed by atoms with Crippen molar-refractivity contribution in [1.82, 2.24) is 16.0 Å². The fraction of sp³-hybridized carbons (Fsp3) is 0.735. The second-order valence-corrected chi connectivity index (χ2v) is 12.7. The van der Waals surface area contributed by atoms with Crippen molar-refractivity contribution in [3.05, 3.63) is 35.9 Å². The average molecular weight is 586 g/mol. The lowest BCUT2D eigenvalue weighted by Gasteiger charge is -2.32. The van der Waals surface area contributed by atoms with Gasteiger partial charge in [-0.1, -0.05) is 95.5 Å². The van der Waals surface area contributed by atoms with Gasteiger partial charge in [-0.25, -0.2) is 0 Å². The van der Waals surface area contributed by atoms with Crippen LogP contribution < -0.4 is 16.0 Å². The van der Waals surface area contributed by atoms with Crippen LogP contribution in [0.3, 0.4) is 0 Å². The molecule has 1 saturated heterocycles. The highest BCUT2D eigenvalue weighted by atomic mass is 16.5. The number of carbonyl (C=O) groups excluding carboxylic acids is 3. The number of rotatable bonds is 16. The zero-order valence-electron chi connectivity index (χ0n) is 26.1. The van der Waals surface area contributed by atoms with E-state index in [9.17, 15) is 19.5 Å². The molecule has 0 spiro atoms. The van der Waals surface area contributed by atoms with Crippen LogP contribution in [0.25, 0.3) is 0 Å². The molecule has 8 nitrogen and oxygen atoms in total. The van der Waals surface area contributed by atoms with Crippen molar-refractivity contribution in [3.8, 4) is 0 Å². The SMILES string of the molecule is CCC(C)C(NC(C)=O)C(=O)NC(CCCC1CCCCC1)C[C@H](O)C(Cc1ccccc1)NC(=O)C1CCOCC1. The first kappa shape index (κ1) is 34.0. The topological polar surface area (TPSA) is 117 Å². The fourth-order valence-corrected chi connectivity index (χ4v) is 6.46. The molecule has 42 heavy (non-hydrogen) atoms. The summed E-state index contributed by atoms with van der Waals surface area (Å²) in [5.74, 6) is 0.106. The number of amides is 3. The van der Waals surface area contributed by atoms with Gasteiger partial charge >= 0.3 is 0 Å². The minimum atomic E-state index is -0.850. The van der Waals surface area contributed by atoms with Gasteiger partial charge in [0.1, 0.15) is 6.04 Å². The molecule has 3 rings (SSSR count). The highest BCUT2D eigenvalue weighted by Gasteiger charge is 2.31. The van der Waals surface area contributed by atoms with Gasteiger partial charge in [-0.15, -0.1) is 0 Å². The summed E-state index contributed by atoms with van der Waals surface area (Å²) in [6.45, 7) is 6.56. The quantitative estimate of drug-likeness (QED) is 0.225. The third kappa shape index (κ3) is 11.7. The lowest BCUT2D eigenvalue weighted by molar-refractivity contribution is -0.130. The zero-order chi connectivity index (χ0) is 30.3. The van der Waals surface area contributed by atoms with Gasteiger partial charge in [0.05, 0.1) is 12.1 Å². The molecule has 3 amide bonds. The van der Waals surface area contributed by atoms with Crippen molar-refractivity contribution < 1.29 is 24.2 Å². The van der Waals surface area contributed by atoms with Gasteiger partial charge in [0.25, 0.3) is 0 Å². The largest absolute Gasteiger partial charge is 0.391 e. The molecular formula is C34H55N3O5. The minimum Gasteiger partial charge on any atom is -0.391 e. The highest BCUT2D eigenvalue weighted by Crippen LogP contribution is 2.28. The van der Waals surface area contributed by atoms with E-state index in [0.717, 1.165) is 37.2 Å². The van der Waals surface area contributed by atoms with E-state index >= 15 is 0 Å². The van der Waals surface area contributed by atoms with Crippen LogP contribution in [0, 0.1) is 17.8 Å². The van der Waals surface area contributed by atoms with Crippen molar-refractivity contribution in [3.63, 3.8) is 0 Å². The van der Waals surface area contributed by atoms with Gasteiger partial charge in [0.2, 0.25) is 17.7 Å². The van der Waals surface area contributed by atoms with Crippen LogP contribution in [-0.4, -0.2) is 60.3 Å². The van der Waals surface area contributed by atoms with Gasteiger partial charge in [0.15, 0.2) is 0 Å². The first-order valence-electron chi connectivity index (χ1n) is 16.4. The van der Waals surface area contributed by atoms with Crippen LogP contribution in [0.4, 0.5) is 0 Å². The number of benzene rings is 1. The number of aliphatic hydroxyl groups is 1. The van der Waals surface area contributed by atoms with E-state index in [4.69, 9.17) is 4.74 Å². The normalized spacial score (nSPS) is 20.1. The average Bonchev–Trinajstić information content (AvgIpc) is 3.00. The Labute approximate surface area is 253 Å². The molecular weight excluding hydrogens is 530 g/mol. The molecule has 1 saturated carbocycles. The number of aliphatic hydroxyl groups excluding tert-OH is 1. The summed E-state index contributed by atoms with van der Waals surface area (Å²) >= 11 is 0. The molecule has 2 aliphatic rings. The summed E-state index contributed by atoms with van der Waals surface area (Å²) in [7, 11) is 0. The predicted octanol–water partition coefficient (Wildman–Crippen LogP) is 4.68. The lowest BCUT2D eigenvalue weighted by atomic mass is 9.85. The maximum atomic E-state index is 13.5. The third-order valence-corrected chi connectivity index (χ3v) is 9.30. The van der Waals surface area contributed by atoms with Crippen LogP contribution in [0.15, 0.2) is 30.3 Å². The van der Waals surface area contributed by atoms with E-state index in [1.54, 1.807) is 0 Å². The van der Waals surface area contributed by atoms with Gasteiger partial charge in [-0.3, -0.25) is 14.4 Å². The Morgan fingerprint density at radius 1 is 0.976 bits per heavy atom. The van der Waals surface area contributed by atoms with Crippen molar-refractivity contribution in [2.24, 2.45) is 17.8 Å². The van der Waals surface area contributed by atoms with Gasteiger partial charge in [-0.2, -0.15) is 0 Å². The number of nitrogens with one attached hydrogen (secondary N) is 3. The summed E-state index contributed by atoms with van der Waals surface area (Å²) in [6.07, 6.45) is 11.4. The lowest BCUT2D eigenvalue weighted by Crippen LogP contribution is -2.54. The molecule has 1 aliphatic heterocycles. The molecule has 0 bridgehead atoms. The van der Waals surface area contributed by atoms with E-state index in [1.807, 2.05) is 44.2 Å². The molecule has 5 atom stereocenters. The molecule has 0 aromatic heterocycles. The van der Waals surface area contributed by atoms with E-state index in [0.29, 0.717) is 38.9 Å². The molecule has 0 radical (unpaired) electrons. The Morgan fingerprint density at radius 2 is 1.67 bits per heavy atom. The molecule has 1 aromatic carbocycles. The Kier molecular flexibility index (Phi) is 14.8. The Morgan fingerprint density at radius 3 is 2.31 bits per heavy atom. The second kappa shape index (κ2) is 18.3. The zero-order valence-corrected chi connectivity index (χ0v) is 26.1. The van der Waals surface area contributed by atoms with Crippen molar-refractivity contribution in [1.29, 1.82) is 0 Å². The van der Waals surface area contributed by atoms with Crippen LogP contribution in [0.2, 0.25) is 0 Å². The standard InChI is InChI=1S/C34H55N3O5/c1-4-24(2)32(35-25(3)38)34(41)36-29(17-11-16-26-12-7-5-8-13-26)23-31(39)30(22-27-14-9-6-10-15-27)37-33(40)28-18-20-42-21-19-28/h6,9-10,14-15,24,26,28-32,39H,4-5,7-8,11-13,16-23H2,1-3H3,(H,35,38)(H,36,41)(H,37,40)/t24?,29?,30?,31-,32?/m0/s1. The number of hydrogen-bond donors (Lipinski definition) is 4. The fourth-order valence-electron chi connectivity index (χ4n) is 6.46. The number of ether oxygens (including phenoxy) is 1. The monoisotopic (exact) mass is 585 g/mol. The molecule has 4 unspecified atom stereocenters. The van der Waals surface area contributed by atoms with Crippen molar-refractivity contribution in [2.75, 3.05) is 13.2 Å². The van der Waals surface area contributed by atoms with Crippen LogP contribution in [0.5, 0.6) is 0 Å². The first-order chi connectivity index (χ1) is 20.3. The van der Waals surface area contributed by atoms with Gasteiger partial charge in [0, 0.05) is 32.1 Å². The van der Waals surface area contributed by atoms with Crippen molar-refractivity contribution >= 4 is 17.7 Å². The second-order valence-electron chi connectivity index (χ2n) is 12.7. The molecule has 4 N–H and O–H groups in total. The van der Waals surface area contributed by atoms with Crippen molar-refractivity contribution in [2.45, 2.75) is 128 Å².